The van der Waals surface area contributed by atoms with Crippen molar-refractivity contribution in [2.24, 2.45) is 29.6 Å². The van der Waals surface area contributed by atoms with Crippen LogP contribution in [0, 0.1) is 42.3 Å². The molecule has 5 atom stereocenters. The van der Waals surface area contributed by atoms with E-state index in [0.717, 1.165) is 18.4 Å². The first kappa shape index (κ1) is 60.4. The molecule has 21 heteroatoms. The SMILES string of the molecule is CC[C@@]1(O)C(=O)OCc2c1cc1n(c2=O)Cc2c-1nc1cc(F)c(C)c3c1c2[C@@H](NC(=O)COCN(CCN(C)C)C(=O)OCc1ccc(CC(=O)[C@H](C)NC(=O)[C@@H](CC(=O)C2CCC(CN4C(=O)CC(C)C4=O)CC2)C(C)C)cc1)CC3. The van der Waals surface area contributed by atoms with E-state index in [1.54, 1.807) is 58.0 Å². The van der Waals surface area contributed by atoms with Gasteiger partial charge in [-0.2, -0.15) is 0 Å². The van der Waals surface area contributed by atoms with Gasteiger partial charge in [0.15, 0.2) is 11.4 Å². The second-order valence-electron chi connectivity index (χ2n) is 23.9. The molecule has 1 saturated carbocycles. The number of hydrogen-bond donors (Lipinski definition) is 3. The third-order valence-corrected chi connectivity index (χ3v) is 17.6. The molecule has 2 aromatic heterocycles. The van der Waals surface area contributed by atoms with Gasteiger partial charge in [-0.1, -0.05) is 52.0 Å². The molecule has 3 aliphatic heterocycles. The molecule has 83 heavy (non-hydrogen) atoms. The van der Waals surface area contributed by atoms with Crippen molar-refractivity contribution in [1.82, 2.24) is 34.9 Å². The van der Waals surface area contributed by atoms with Gasteiger partial charge in [-0.25, -0.2) is 19.0 Å². The Balaban J connectivity index is 0.766. The van der Waals surface area contributed by atoms with Crippen LogP contribution in [0.2, 0.25) is 0 Å². The largest absolute Gasteiger partial charge is 0.458 e. The number of benzene rings is 2. The van der Waals surface area contributed by atoms with Gasteiger partial charge in [0.2, 0.25) is 23.6 Å². The Kier molecular flexibility index (Phi) is 18.1. The lowest BCUT2D eigenvalue weighted by Gasteiger charge is -2.31. The summed E-state index contributed by atoms with van der Waals surface area (Å²) in [7, 11) is 3.70. The predicted molar refractivity (Wildman–Crippen MR) is 301 cm³/mol. The number of carbonyl (C=O) groups excluding carboxylic acids is 8. The van der Waals surface area contributed by atoms with E-state index >= 15 is 4.39 Å². The van der Waals surface area contributed by atoms with Gasteiger partial charge in [0.1, 0.15) is 38.2 Å². The highest BCUT2D eigenvalue weighted by Crippen LogP contribution is 2.46. The summed E-state index contributed by atoms with van der Waals surface area (Å²) in [6.07, 6.45) is 3.17. The molecule has 20 nitrogen and oxygen atoms in total. The second kappa shape index (κ2) is 24.9. The van der Waals surface area contributed by atoms with E-state index in [0.29, 0.717) is 88.9 Å². The first-order valence-corrected chi connectivity index (χ1v) is 29.0. The van der Waals surface area contributed by atoms with Gasteiger partial charge in [0, 0.05) is 79.2 Å². The lowest BCUT2D eigenvalue weighted by molar-refractivity contribution is -0.172. The van der Waals surface area contributed by atoms with Gasteiger partial charge in [-0.3, -0.25) is 43.4 Å². The fourth-order valence-electron chi connectivity index (χ4n) is 12.4. The zero-order valence-electron chi connectivity index (χ0n) is 48.7. The number of carbonyl (C=O) groups is 8. The van der Waals surface area contributed by atoms with Gasteiger partial charge >= 0.3 is 12.1 Å². The Labute approximate surface area is 481 Å². The molecule has 2 fully saturated rings. The molecule has 9 rings (SSSR count). The maximum absolute atomic E-state index is 15.5. The van der Waals surface area contributed by atoms with E-state index in [1.165, 1.54) is 20.4 Å². The van der Waals surface area contributed by atoms with E-state index in [9.17, 15) is 48.3 Å². The minimum Gasteiger partial charge on any atom is -0.458 e. The van der Waals surface area contributed by atoms with Gasteiger partial charge in [0.05, 0.1) is 41.1 Å². The Morgan fingerprint density at radius 1 is 0.952 bits per heavy atom. The highest BCUT2D eigenvalue weighted by molar-refractivity contribution is 6.03. The number of imide groups is 1. The summed E-state index contributed by atoms with van der Waals surface area (Å²) in [5, 5.41) is 18.0. The van der Waals surface area contributed by atoms with Crippen LogP contribution in [0.1, 0.15) is 137 Å². The number of halogens is 1. The number of Topliss-reactive ketones (excluding diaryl/α,β-unsaturated/α-hetero) is 2. The average Bonchev–Trinajstić information content (AvgIpc) is 2.09. The molecule has 444 valence electrons. The predicted octanol–water partition coefficient (Wildman–Crippen LogP) is 5.85. The maximum Gasteiger partial charge on any atom is 0.411 e. The van der Waals surface area contributed by atoms with Crippen molar-refractivity contribution in [1.29, 1.82) is 0 Å². The van der Waals surface area contributed by atoms with Crippen LogP contribution in [-0.4, -0.2) is 130 Å². The van der Waals surface area contributed by atoms with Crippen LogP contribution < -0.4 is 16.2 Å². The highest BCUT2D eigenvalue weighted by atomic mass is 19.1. The molecular formula is C62H76FN7O13. The summed E-state index contributed by atoms with van der Waals surface area (Å²) in [5.74, 6) is -3.72. The summed E-state index contributed by atoms with van der Waals surface area (Å²) in [5.41, 5.74) is 2.77. The number of fused-ring (bicyclic) bond motifs is 5. The zero-order valence-corrected chi connectivity index (χ0v) is 48.7. The van der Waals surface area contributed by atoms with Gasteiger partial charge in [-0.15, -0.1) is 0 Å². The number of aromatic nitrogens is 2. The lowest BCUT2D eigenvalue weighted by Crippen LogP contribution is -2.44. The number of esters is 1. The molecule has 0 bridgehead atoms. The number of rotatable bonds is 22. The number of aliphatic hydroxyl groups is 1. The number of hydrogen-bond acceptors (Lipinski definition) is 15. The number of amides is 5. The number of pyridine rings is 2. The van der Waals surface area contributed by atoms with Gasteiger partial charge in [-0.05, 0) is 119 Å². The Bertz CT molecular complexity index is 3310. The van der Waals surface area contributed by atoms with E-state index in [4.69, 9.17) is 19.2 Å². The zero-order chi connectivity index (χ0) is 59.8. The molecular weight excluding hydrogens is 1070 g/mol. The minimum absolute atomic E-state index is 0.0129. The number of nitrogens with one attached hydrogen (secondary N) is 2. The Morgan fingerprint density at radius 2 is 1.66 bits per heavy atom. The molecule has 5 heterocycles. The smallest absolute Gasteiger partial charge is 0.411 e. The number of likely N-dealkylation sites (N-methyl/N-ethyl adjacent to an activating group) is 1. The van der Waals surface area contributed by atoms with Crippen LogP contribution in [-0.2, 0) is 86.0 Å². The summed E-state index contributed by atoms with van der Waals surface area (Å²) in [6.45, 7) is 10.5. The number of nitrogens with zero attached hydrogens (tertiary/aromatic N) is 5. The number of ketones is 2. The summed E-state index contributed by atoms with van der Waals surface area (Å²) < 4.78 is 33.8. The van der Waals surface area contributed by atoms with Crippen molar-refractivity contribution in [3.8, 4) is 11.4 Å². The second-order valence-corrected chi connectivity index (χ2v) is 23.9. The van der Waals surface area contributed by atoms with Crippen LogP contribution in [0.15, 0.2) is 41.2 Å². The Hall–Kier alpha value is -7.23. The molecule has 2 aromatic carbocycles. The number of likely N-dealkylation sites (tertiary alicyclic amines) is 1. The standard InChI is InChI=1S/C62H76FN7O13/c1-9-62(80)45-25-49-56-43(28-69(49)59(77)44(45)30-82-60(62)78)55-47(19-18-41-35(5)46(63)26-48(66-56)54(41)55)65-52(73)31-81-32-68(21-20-67(7)8)61(79)83-29-39-12-10-37(11-13-39)23-50(71)36(6)64-57(75)42(33(2)3)24-51(72)40-16-14-38(15-17-40)27-70-53(74)22-34(4)58(70)76/h10-13,25-26,33-34,36,38,40,42,47,80H,9,14-24,27-32H2,1-8H3,(H,64,75)(H,65,73)/t34?,36-,38?,40?,42-,47-,62-/m0/s1. The molecule has 0 spiro atoms. The average molecular weight is 1150 g/mol. The normalized spacial score (nSPS) is 21.5. The van der Waals surface area contributed by atoms with E-state index in [-0.39, 0.29) is 123 Å². The first-order valence-electron chi connectivity index (χ1n) is 29.0. The minimum atomic E-state index is -2.04. The fraction of sp³-hybridized carbons (Fsp3) is 0.548. The van der Waals surface area contributed by atoms with Crippen LogP contribution in [0.4, 0.5) is 9.18 Å². The first-order chi connectivity index (χ1) is 39.5. The quantitative estimate of drug-likeness (QED) is 0.0417. The van der Waals surface area contributed by atoms with E-state index in [1.807, 2.05) is 32.8 Å². The maximum atomic E-state index is 15.5. The summed E-state index contributed by atoms with van der Waals surface area (Å²) in [4.78, 5) is 129. The monoisotopic (exact) mass is 1150 g/mol. The molecule has 0 radical (unpaired) electrons. The number of aryl methyl sites for hydroxylation is 1. The molecule has 2 aliphatic carbocycles. The Morgan fingerprint density at radius 3 is 2.33 bits per heavy atom. The lowest BCUT2D eigenvalue weighted by atomic mass is 9.77. The van der Waals surface area contributed by atoms with Crippen molar-refractivity contribution in [2.75, 3.05) is 47.1 Å². The van der Waals surface area contributed by atoms with E-state index in [2.05, 4.69) is 10.6 Å². The highest BCUT2D eigenvalue weighted by Gasteiger charge is 2.46. The van der Waals surface area contributed by atoms with Crippen LogP contribution in [0.5, 0.6) is 0 Å². The molecule has 5 aliphatic rings. The molecule has 1 unspecified atom stereocenters. The van der Waals surface area contributed by atoms with Crippen molar-refractivity contribution in [2.45, 2.75) is 143 Å². The van der Waals surface area contributed by atoms with Crippen LogP contribution >= 0.6 is 0 Å². The van der Waals surface area contributed by atoms with Gasteiger partial charge < -0.3 is 39.4 Å². The molecule has 1 saturated heterocycles. The summed E-state index contributed by atoms with van der Waals surface area (Å²) in [6, 6.07) is 8.50. The van der Waals surface area contributed by atoms with Crippen molar-refractivity contribution in [3.05, 3.63) is 97.1 Å². The van der Waals surface area contributed by atoms with Crippen molar-refractivity contribution >= 4 is 58.2 Å². The van der Waals surface area contributed by atoms with Gasteiger partial charge in [0.25, 0.3) is 5.56 Å². The van der Waals surface area contributed by atoms with Crippen LogP contribution in [0.3, 0.4) is 0 Å². The third kappa shape index (κ3) is 12.5. The van der Waals surface area contributed by atoms with Crippen LogP contribution in [0.25, 0.3) is 22.3 Å². The topological polar surface area (TPSA) is 253 Å². The number of ether oxygens (including phenoxy) is 3. The number of cyclic esters (lactones) is 1. The van der Waals surface area contributed by atoms with Crippen molar-refractivity contribution < 1.29 is 62.1 Å². The molecule has 3 N–H and O–H groups in total. The van der Waals surface area contributed by atoms with E-state index < -0.39 is 59.6 Å². The third-order valence-electron chi connectivity index (χ3n) is 17.6. The van der Waals surface area contributed by atoms with Crippen molar-refractivity contribution in [3.63, 3.8) is 0 Å². The molecule has 5 amide bonds. The fourth-order valence-corrected chi connectivity index (χ4v) is 12.4. The summed E-state index contributed by atoms with van der Waals surface area (Å²) >= 11 is 0. The molecule has 4 aromatic rings.